The molecule has 17 heavy (non-hydrogen) atoms. The third kappa shape index (κ3) is 2.67. The van der Waals surface area contributed by atoms with Gasteiger partial charge in [0.15, 0.2) is 5.78 Å². The van der Waals surface area contributed by atoms with Crippen molar-refractivity contribution < 1.29 is 14.3 Å². The molecule has 0 spiro atoms. The molecule has 0 fully saturated rings. The van der Waals surface area contributed by atoms with Gasteiger partial charge in [-0.2, -0.15) is 0 Å². The molecule has 92 valence electrons. The van der Waals surface area contributed by atoms with E-state index in [-0.39, 0.29) is 11.9 Å². The number of rotatable bonds is 5. The Kier molecular flexibility index (Phi) is 3.79. The van der Waals surface area contributed by atoms with Gasteiger partial charge in [-0.15, -0.1) is 0 Å². The van der Waals surface area contributed by atoms with Crippen LogP contribution in [0.4, 0.5) is 0 Å². The number of fused-ring (bicyclic) bond motifs is 1. The van der Waals surface area contributed by atoms with Crippen LogP contribution in [0.15, 0.2) is 18.2 Å². The molecule has 1 aliphatic carbocycles. The molecule has 0 radical (unpaired) electrons. The van der Waals surface area contributed by atoms with Crippen LogP contribution in [0, 0.1) is 0 Å². The zero-order valence-electron chi connectivity index (χ0n) is 10.4. The van der Waals surface area contributed by atoms with E-state index in [4.69, 9.17) is 9.47 Å². The zero-order valence-corrected chi connectivity index (χ0v) is 10.4. The second-order valence-electron chi connectivity index (χ2n) is 4.42. The van der Waals surface area contributed by atoms with Gasteiger partial charge in [-0.05, 0) is 19.4 Å². The number of hydrogen-bond donors (Lipinski definition) is 0. The zero-order chi connectivity index (χ0) is 12.3. The van der Waals surface area contributed by atoms with Crippen LogP contribution in [-0.4, -0.2) is 25.6 Å². The summed E-state index contributed by atoms with van der Waals surface area (Å²) in [6.07, 6.45) is 2.38. The van der Waals surface area contributed by atoms with Crippen LogP contribution in [-0.2, 0) is 11.2 Å². The second-order valence-corrected chi connectivity index (χ2v) is 4.42. The monoisotopic (exact) mass is 234 g/mol. The number of carbonyl (C=O) groups excluding carboxylic acids is 1. The van der Waals surface area contributed by atoms with Crippen LogP contribution < -0.4 is 4.74 Å². The maximum Gasteiger partial charge on any atom is 0.163 e. The van der Waals surface area contributed by atoms with Gasteiger partial charge in [-0.1, -0.05) is 12.1 Å². The highest BCUT2D eigenvalue weighted by Gasteiger charge is 2.23. The second kappa shape index (κ2) is 5.32. The number of carbonyl (C=O) groups is 1. The molecule has 0 N–H and O–H groups in total. The first-order valence-electron chi connectivity index (χ1n) is 6.03. The minimum absolute atomic E-state index is 0.108. The molecule has 0 aliphatic heterocycles. The van der Waals surface area contributed by atoms with Gasteiger partial charge in [-0.3, -0.25) is 4.79 Å². The normalized spacial score (nSPS) is 15.8. The number of methoxy groups -OCH3 is 1. The Balaban J connectivity index is 2.09. The molecule has 1 aromatic rings. The number of hydrogen-bond acceptors (Lipinski definition) is 3. The quantitative estimate of drug-likeness (QED) is 0.785. The van der Waals surface area contributed by atoms with E-state index in [2.05, 4.69) is 0 Å². The van der Waals surface area contributed by atoms with Gasteiger partial charge in [0.1, 0.15) is 5.75 Å². The number of ether oxygens (including phenoxy) is 2. The van der Waals surface area contributed by atoms with Crippen LogP contribution in [0.3, 0.4) is 0 Å². The van der Waals surface area contributed by atoms with E-state index in [0.717, 1.165) is 29.7 Å². The summed E-state index contributed by atoms with van der Waals surface area (Å²) < 4.78 is 10.9. The Hall–Kier alpha value is -1.35. The van der Waals surface area contributed by atoms with Crippen LogP contribution >= 0.6 is 0 Å². The molecule has 0 amide bonds. The SMILES string of the molecule is COCCC(C)Oc1cccc2c1CCC2=O. The first kappa shape index (κ1) is 12.1. The number of Topliss-reactive ketones (excluding diaryl/α,β-unsaturated/α-hetero) is 1. The Morgan fingerprint density at radius 1 is 1.35 bits per heavy atom. The summed E-state index contributed by atoms with van der Waals surface area (Å²) in [6, 6.07) is 5.72. The summed E-state index contributed by atoms with van der Waals surface area (Å²) in [6.45, 7) is 2.71. The maximum absolute atomic E-state index is 11.6. The third-order valence-electron chi connectivity index (χ3n) is 3.09. The Labute approximate surface area is 102 Å². The van der Waals surface area contributed by atoms with Crippen LogP contribution in [0.5, 0.6) is 5.75 Å². The molecule has 0 heterocycles. The summed E-state index contributed by atoms with van der Waals surface area (Å²) in [5, 5.41) is 0. The van der Waals surface area contributed by atoms with Gasteiger partial charge >= 0.3 is 0 Å². The lowest BCUT2D eigenvalue weighted by molar-refractivity contribution is 0.0994. The Morgan fingerprint density at radius 2 is 2.18 bits per heavy atom. The summed E-state index contributed by atoms with van der Waals surface area (Å²) in [5.41, 5.74) is 1.91. The molecule has 1 aliphatic rings. The lowest BCUT2D eigenvalue weighted by Crippen LogP contribution is -2.15. The number of benzene rings is 1. The molecule has 0 saturated heterocycles. The molecule has 0 aromatic heterocycles. The van der Waals surface area contributed by atoms with Crippen molar-refractivity contribution in [3.8, 4) is 5.75 Å². The van der Waals surface area contributed by atoms with Crippen LogP contribution in [0.2, 0.25) is 0 Å². The van der Waals surface area contributed by atoms with E-state index in [1.807, 2.05) is 25.1 Å². The van der Waals surface area contributed by atoms with Gasteiger partial charge in [-0.25, -0.2) is 0 Å². The molecule has 0 bridgehead atoms. The Morgan fingerprint density at radius 3 is 2.94 bits per heavy atom. The van der Waals surface area contributed by atoms with Gasteiger partial charge in [0.05, 0.1) is 6.10 Å². The van der Waals surface area contributed by atoms with Crippen molar-refractivity contribution in [3.05, 3.63) is 29.3 Å². The average Bonchev–Trinajstić information content (AvgIpc) is 2.70. The van der Waals surface area contributed by atoms with E-state index >= 15 is 0 Å². The predicted molar refractivity (Wildman–Crippen MR) is 65.7 cm³/mol. The number of ketones is 1. The molecule has 2 rings (SSSR count). The molecular formula is C14H18O3. The van der Waals surface area contributed by atoms with Gasteiger partial charge in [0.25, 0.3) is 0 Å². The fraction of sp³-hybridized carbons (Fsp3) is 0.500. The van der Waals surface area contributed by atoms with Gasteiger partial charge in [0.2, 0.25) is 0 Å². The highest BCUT2D eigenvalue weighted by atomic mass is 16.5. The third-order valence-corrected chi connectivity index (χ3v) is 3.09. The summed E-state index contributed by atoms with van der Waals surface area (Å²) in [5.74, 6) is 1.09. The first-order valence-corrected chi connectivity index (χ1v) is 6.03. The van der Waals surface area contributed by atoms with Crippen molar-refractivity contribution in [2.24, 2.45) is 0 Å². The lowest BCUT2D eigenvalue weighted by Gasteiger charge is -2.16. The standard InChI is InChI=1S/C14H18O3/c1-10(8-9-16-2)17-14-5-3-4-11-12(14)6-7-13(11)15/h3-5,10H,6-9H2,1-2H3. The smallest absolute Gasteiger partial charge is 0.163 e. The van der Waals surface area contributed by atoms with E-state index in [9.17, 15) is 4.79 Å². The van der Waals surface area contributed by atoms with Gasteiger partial charge < -0.3 is 9.47 Å². The molecule has 0 saturated carbocycles. The Bertz CT molecular complexity index is 412. The van der Waals surface area contributed by atoms with Crippen LogP contribution in [0.1, 0.15) is 35.7 Å². The molecule has 3 nitrogen and oxygen atoms in total. The molecule has 3 heteroatoms. The fourth-order valence-electron chi connectivity index (χ4n) is 2.13. The maximum atomic E-state index is 11.6. The fourth-order valence-corrected chi connectivity index (χ4v) is 2.13. The minimum atomic E-state index is 0.108. The van der Waals surface area contributed by atoms with E-state index < -0.39 is 0 Å². The van der Waals surface area contributed by atoms with Gasteiger partial charge in [0, 0.05) is 37.7 Å². The van der Waals surface area contributed by atoms with Crippen molar-refractivity contribution in [3.63, 3.8) is 0 Å². The summed E-state index contributed by atoms with van der Waals surface area (Å²) in [7, 11) is 1.69. The molecule has 1 aromatic carbocycles. The average molecular weight is 234 g/mol. The van der Waals surface area contributed by atoms with Crippen molar-refractivity contribution in [2.75, 3.05) is 13.7 Å². The van der Waals surface area contributed by atoms with E-state index in [0.29, 0.717) is 13.0 Å². The lowest BCUT2D eigenvalue weighted by atomic mass is 10.1. The largest absolute Gasteiger partial charge is 0.490 e. The van der Waals surface area contributed by atoms with Crippen molar-refractivity contribution in [1.82, 2.24) is 0 Å². The summed E-state index contributed by atoms with van der Waals surface area (Å²) in [4.78, 5) is 11.6. The summed E-state index contributed by atoms with van der Waals surface area (Å²) >= 11 is 0. The molecule has 1 atom stereocenters. The van der Waals surface area contributed by atoms with Crippen molar-refractivity contribution in [2.45, 2.75) is 32.3 Å². The highest BCUT2D eigenvalue weighted by molar-refractivity contribution is 6.01. The highest BCUT2D eigenvalue weighted by Crippen LogP contribution is 2.31. The van der Waals surface area contributed by atoms with E-state index in [1.165, 1.54) is 0 Å². The van der Waals surface area contributed by atoms with E-state index in [1.54, 1.807) is 7.11 Å². The van der Waals surface area contributed by atoms with Crippen molar-refractivity contribution in [1.29, 1.82) is 0 Å². The molecule has 1 unspecified atom stereocenters. The van der Waals surface area contributed by atoms with Crippen molar-refractivity contribution >= 4 is 5.78 Å². The van der Waals surface area contributed by atoms with Crippen LogP contribution in [0.25, 0.3) is 0 Å². The topological polar surface area (TPSA) is 35.5 Å². The minimum Gasteiger partial charge on any atom is -0.490 e. The predicted octanol–water partition coefficient (Wildman–Crippen LogP) is 2.62. The molecular weight excluding hydrogens is 216 g/mol. The first-order chi connectivity index (χ1) is 8.22.